The van der Waals surface area contributed by atoms with Gasteiger partial charge in [0.05, 0.1) is 4.90 Å². The molecule has 1 aliphatic heterocycles. The summed E-state index contributed by atoms with van der Waals surface area (Å²) in [5.74, 6) is -0.103. The van der Waals surface area contributed by atoms with E-state index in [2.05, 4.69) is 21.2 Å². The van der Waals surface area contributed by atoms with Gasteiger partial charge in [0, 0.05) is 30.5 Å². The first-order chi connectivity index (χ1) is 9.46. The molecule has 5 nitrogen and oxygen atoms in total. The number of rotatable bonds is 3. The summed E-state index contributed by atoms with van der Waals surface area (Å²) < 4.78 is 27.1. The van der Waals surface area contributed by atoms with Gasteiger partial charge >= 0.3 is 0 Å². The summed E-state index contributed by atoms with van der Waals surface area (Å²) >= 11 is 3.28. The van der Waals surface area contributed by atoms with Crippen LogP contribution in [0.25, 0.3) is 0 Å². The third-order valence-corrected chi connectivity index (χ3v) is 6.44. The molecule has 0 atom stereocenters. The van der Waals surface area contributed by atoms with E-state index < -0.39 is 10.0 Å². The highest BCUT2D eigenvalue weighted by atomic mass is 79.9. The van der Waals surface area contributed by atoms with Crippen LogP contribution in [0.15, 0.2) is 33.6 Å². The summed E-state index contributed by atoms with van der Waals surface area (Å²) in [5.41, 5.74) is 0. The smallest absolute Gasteiger partial charge is 0.244 e. The van der Waals surface area contributed by atoms with Gasteiger partial charge in [0.25, 0.3) is 0 Å². The van der Waals surface area contributed by atoms with Crippen molar-refractivity contribution in [2.24, 2.45) is 5.92 Å². The van der Waals surface area contributed by atoms with Crippen LogP contribution in [0.1, 0.15) is 12.8 Å². The molecule has 1 aromatic carbocycles. The molecule has 1 N–H and O–H groups in total. The molecule has 110 valence electrons. The molecule has 0 radical (unpaired) electrons. The largest absolute Gasteiger partial charge is 0.359 e. The van der Waals surface area contributed by atoms with E-state index >= 15 is 0 Å². The zero-order valence-corrected chi connectivity index (χ0v) is 13.6. The minimum absolute atomic E-state index is 0.0112. The molecule has 20 heavy (non-hydrogen) atoms. The second-order valence-corrected chi connectivity index (χ2v) is 7.48. The second-order valence-electron chi connectivity index (χ2n) is 4.72. The molecular weight excluding hydrogens is 344 g/mol. The lowest BCUT2D eigenvalue weighted by Gasteiger charge is -2.30. The maximum absolute atomic E-state index is 12.5. The van der Waals surface area contributed by atoms with Gasteiger partial charge in [-0.15, -0.1) is 0 Å². The lowest BCUT2D eigenvalue weighted by atomic mass is 9.97. The first-order valence-electron chi connectivity index (χ1n) is 6.43. The summed E-state index contributed by atoms with van der Waals surface area (Å²) in [6, 6.07) is 6.78. The maximum Gasteiger partial charge on any atom is 0.244 e. The Morgan fingerprint density at radius 1 is 1.30 bits per heavy atom. The lowest BCUT2D eigenvalue weighted by Crippen LogP contribution is -2.42. The number of carbonyl (C=O) groups is 1. The summed E-state index contributed by atoms with van der Waals surface area (Å²) in [4.78, 5) is 11.8. The van der Waals surface area contributed by atoms with Crippen LogP contribution in [0.2, 0.25) is 0 Å². The van der Waals surface area contributed by atoms with Crippen molar-refractivity contribution < 1.29 is 13.2 Å². The number of amides is 1. The average molecular weight is 361 g/mol. The predicted octanol–water partition coefficient (Wildman–Crippen LogP) is 1.60. The van der Waals surface area contributed by atoms with Crippen molar-refractivity contribution >= 4 is 31.9 Å². The highest BCUT2D eigenvalue weighted by Crippen LogP contribution is 2.28. The van der Waals surface area contributed by atoms with E-state index in [4.69, 9.17) is 0 Å². The third kappa shape index (κ3) is 3.05. The number of hydrogen-bond acceptors (Lipinski definition) is 3. The normalized spacial score (nSPS) is 17.9. The number of nitrogens with zero attached hydrogens (tertiary/aromatic N) is 1. The van der Waals surface area contributed by atoms with Crippen molar-refractivity contribution in [2.45, 2.75) is 17.7 Å². The quantitative estimate of drug-likeness (QED) is 0.889. The average Bonchev–Trinajstić information content (AvgIpc) is 2.47. The zero-order valence-electron chi connectivity index (χ0n) is 11.2. The van der Waals surface area contributed by atoms with E-state index in [-0.39, 0.29) is 16.7 Å². The number of nitrogens with one attached hydrogen (secondary N) is 1. The van der Waals surface area contributed by atoms with Gasteiger partial charge in [-0.3, -0.25) is 4.79 Å². The molecule has 0 saturated carbocycles. The predicted molar refractivity (Wildman–Crippen MR) is 79.7 cm³/mol. The summed E-state index contributed by atoms with van der Waals surface area (Å²) in [7, 11) is -1.89. The van der Waals surface area contributed by atoms with Gasteiger partial charge in [0.2, 0.25) is 15.9 Å². The number of hydrogen-bond donors (Lipinski definition) is 1. The summed E-state index contributed by atoms with van der Waals surface area (Å²) in [6.45, 7) is 0.753. The first kappa shape index (κ1) is 15.5. The van der Waals surface area contributed by atoms with Crippen molar-refractivity contribution in [1.29, 1.82) is 0 Å². The fraction of sp³-hybridized carbons (Fsp3) is 0.462. The van der Waals surface area contributed by atoms with E-state index in [9.17, 15) is 13.2 Å². The Morgan fingerprint density at radius 3 is 2.45 bits per heavy atom. The molecule has 1 amide bonds. The van der Waals surface area contributed by atoms with Crippen molar-refractivity contribution in [1.82, 2.24) is 9.62 Å². The molecule has 1 aromatic rings. The van der Waals surface area contributed by atoms with Crippen molar-refractivity contribution in [2.75, 3.05) is 20.1 Å². The van der Waals surface area contributed by atoms with Crippen molar-refractivity contribution in [3.05, 3.63) is 28.7 Å². The molecule has 0 spiro atoms. The van der Waals surface area contributed by atoms with Crippen LogP contribution in [0.3, 0.4) is 0 Å². The van der Waals surface area contributed by atoms with Crippen molar-refractivity contribution in [3.63, 3.8) is 0 Å². The summed E-state index contributed by atoms with van der Waals surface area (Å²) in [5, 5.41) is 2.61. The van der Waals surface area contributed by atoms with Crippen LogP contribution >= 0.6 is 15.9 Å². The van der Waals surface area contributed by atoms with E-state index in [1.54, 1.807) is 31.3 Å². The fourth-order valence-corrected chi connectivity index (χ4v) is 4.79. The molecule has 0 unspecified atom stereocenters. The van der Waals surface area contributed by atoms with Crippen molar-refractivity contribution in [3.8, 4) is 0 Å². The zero-order chi connectivity index (χ0) is 14.8. The molecule has 2 rings (SSSR count). The molecule has 1 saturated heterocycles. The topological polar surface area (TPSA) is 66.5 Å². The highest BCUT2D eigenvalue weighted by molar-refractivity contribution is 9.10. The van der Waals surface area contributed by atoms with Crippen LogP contribution in [0.5, 0.6) is 0 Å². The van der Waals surface area contributed by atoms with Gasteiger partial charge in [0.1, 0.15) is 0 Å². The van der Waals surface area contributed by atoms with Crippen LogP contribution in [-0.4, -0.2) is 38.8 Å². The molecule has 1 aliphatic rings. The minimum Gasteiger partial charge on any atom is -0.359 e. The summed E-state index contributed by atoms with van der Waals surface area (Å²) in [6.07, 6.45) is 1.12. The van der Waals surface area contributed by atoms with E-state index in [0.29, 0.717) is 30.4 Å². The fourth-order valence-electron chi connectivity index (χ4n) is 2.36. The Kier molecular flexibility index (Phi) is 4.82. The standard InChI is InChI=1S/C13H17BrN2O3S/c1-15-13(17)10-6-8-16(9-7-10)20(18,19)12-5-3-2-4-11(12)14/h2-5,10H,6-9H2,1H3,(H,15,17). The Morgan fingerprint density at radius 2 is 1.90 bits per heavy atom. The van der Waals surface area contributed by atoms with Gasteiger partial charge in [-0.2, -0.15) is 4.31 Å². The number of carbonyl (C=O) groups excluding carboxylic acids is 1. The number of piperidine rings is 1. The van der Waals surface area contributed by atoms with E-state index in [1.165, 1.54) is 4.31 Å². The van der Waals surface area contributed by atoms with Gasteiger partial charge in [0.15, 0.2) is 0 Å². The Bertz CT molecular complexity index is 595. The lowest BCUT2D eigenvalue weighted by molar-refractivity contribution is -0.125. The van der Waals surface area contributed by atoms with Gasteiger partial charge in [-0.1, -0.05) is 12.1 Å². The van der Waals surface area contributed by atoms with Crippen LogP contribution in [-0.2, 0) is 14.8 Å². The molecule has 0 aliphatic carbocycles. The van der Waals surface area contributed by atoms with Gasteiger partial charge in [-0.05, 0) is 40.9 Å². The third-order valence-electron chi connectivity index (χ3n) is 3.53. The highest BCUT2D eigenvalue weighted by Gasteiger charge is 2.32. The Labute approximate surface area is 127 Å². The van der Waals surface area contributed by atoms with Crippen LogP contribution in [0, 0.1) is 5.92 Å². The molecule has 0 aromatic heterocycles. The Balaban J connectivity index is 2.14. The number of halogens is 1. The first-order valence-corrected chi connectivity index (χ1v) is 8.66. The van der Waals surface area contributed by atoms with Gasteiger partial charge in [-0.25, -0.2) is 8.42 Å². The number of benzene rings is 1. The van der Waals surface area contributed by atoms with E-state index in [1.807, 2.05) is 0 Å². The molecular formula is C13H17BrN2O3S. The molecule has 1 heterocycles. The minimum atomic E-state index is -3.49. The molecule has 1 fully saturated rings. The monoisotopic (exact) mass is 360 g/mol. The number of sulfonamides is 1. The molecule has 7 heteroatoms. The second kappa shape index (κ2) is 6.24. The maximum atomic E-state index is 12.5. The Hall–Kier alpha value is -0.920. The molecule has 0 bridgehead atoms. The van der Waals surface area contributed by atoms with Crippen LogP contribution < -0.4 is 5.32 Å². The van der Waals surface area contributed by atoms with E-state index in [0.717, 1.165) is 0 Å². The SMILES string of the molecule is CNC(=O)C1CCN(S(=O)(=O)c2ccccc2Br)CC1. The van der Waals surface area contributed by atoms with Crippen LogP contribution in [0.4, 0.5) is 0 Å². The van der Waals surface area contributed by atoms with Gasteiger partial charge < -0.3 is 5.32 Å².